The maximum atomic E-state index is 9.62. The van der Waals surface area contributed by atoms with E-state index in [-0.39, 0.29) is 0 Å². The van der Waals surface area contributed by atoms with Gasteiger partial charge in [0.15, 0.2) is 0 Å². The van der Waals surface area contributed by atoms with Crippen LogP contribution in [0.2, 0.25) is 0 Å². The molecule has 0 aliphatic carbocycles. The van der Waals surface area contributed by atoms with Crippen LogP contribution in [-0.2, 0) is 4.74 Å². The summed E-state index contributed by atoms with van der Waals surface area (Å²) < 4.78 is 6.36. The predicted octanol–water partition coefficient (Wildman–Crippen LogP) is 3.12. The van der Waals surface area contributed by atoms with Crippen molar-refractivity contribution in [1.29, 1.82) is 0 Å². The van der Waals surface area contributed by atoms with Crippen molar-refractivity contribution >= 4 is 21.6 Å². The van der Waals surface area contributed by atoms with Crippen molar-refractivity contribution in [2.45, 2.75) is 31.9 Å². The number of hydrogen-bond donors (Lipinski definition) is 1. The van der Waals surface area contributed by atoms with Crippen molar-refractivity contribution in [3.8, 4) is 0 Å². The topological polar surface area (TPSA) is 32.7 Å². The molecule has 1 aliphatic rings. The number of nitrogens with zero attached hydrogens (tertiary/aromatic N) is 1. The minimum atomic E-state index is -0.443. The normalized spacial score (nSPS) is 18.7. The van der Waals surface area contributed by atoms with Crippen molar-refractivity contribution in [3.05, 3.63) is 28.2 Å². The third kappa shape index (κ3) is 3.05. The van der Waals surface area contributed by atoms with Crippen LogP contribution in [0, 0.1) is 0 Å². The summed E-state index contributed by atoms with van der Waals surface area (Å²) in [4.78, 5) is 2.30. The van der Waals surface area contributed by atoms with E-state index in [0.29, 0.717) is 6.04 Å². The molecule has 3 nitrogen and oxygen atoms in total. The van der Waals surface area contributed by atoms with Gasteiger partial charge in [0.25, 0.3) is 0 Å². The van der Waals surface area contributed by atoms with E-state index in [0.717, 1.165) is 36.1 Å². The predicted molar refractivity (Wildman–Crippen MR) is 77.0 cm³/mol. The fourth-order valence-electron chi connectivity index (χ4n) is 2.36. The highest BCUT2D eigenvalue weighted by atomic mass is 79.9. The average molecular weight is 314 g/mol. The Bertz CT molecular complexity index is 403. The summed E-state index contributed by atoms with van der Waals surface area (Å²) in [5.74, 6) is 0. The maximum Gasteiger partial charge on any atom is 0.0772 e. The van der Waals surface area contributed by atoms with Gasteiger partial charge in [-0.2, -0.15) is 0 Å². The highest BCUT2D eigenvalue weighted by Gasteiger charge is 2.19. The van der Waals surface area contributed by atoms with E-state index in [1.807, 2.05) is 6.07 Å². The lowest BCUT2D eigenvalue weighted by molar-refractivity contribution is 0.0855. The van der Waals surface area contributed by atoms with Gasteiger partial charge in [0, 0.05) is 36.5 Å². The molecule has 1 aromatic carbocycles. The molecule has 100 valence electrons. The van der Waals surface area contributed by atoms with Gasteiger partial charge in [-0.25, -0.2) is 0 Å². The Kier molecular flexibility index (Phi) is 4.65. The zero-order chi connectivity index (χ0) is 13.1. The summed E-state index contributed by atoms with van der Waals surface area (Å²) in [7, 11) is 2.12. The van der Waals surface area contributed by atoms with Gasteiger partial charge in [0.1, 0.15) is 0 Å². The zero-order valence-corrected chi connectivity index (χ0v) is 12.5. The second kappa shape index (κ2) is 6.04. The Labute approximate surface area is 117 Å². The van der Waals surface area contributed by atoms with Crippen LogP contribution in [0.5, 0.6) is 0 Å². The Morgan fingerprint density at radius 2 is 2.06 bits per heavy atom. The van der Waals surface area contributed by atoms with Crippen molar-refractivity contribution < 1.29 is 9.84 Å². The van der Waals surface area contributed by atoms with E-state index in [9.17, 15) is 5.11 Å². The number of aliphatic hydroxyl groups is 1. The first-order chi connectivity index (χ1) is 8.59. The molecule has 0 radical (unpaired) electrons. The first kappa shape index (κ1) is 13.8. The summed E-state index contributed by atoms with van der Waals surface area (Å²) in [5.41, 5.74) is 2.11. The van der Waals surface area contributed by atoms with E-state index >= 15 is 0 Å². The third-order valence-corrected chi connectivity index (χ3v) is 4.27. The van der Waals surface area contributed by atoms with E-state index in [1.165, 1.54) is 5.69 Å². The molecule has 1 fully saturated rings. The number of ether oxygens (including phenoxy) is 1. The summed E-state index contributed by atoms with van der Waals surface area (Å²) in [6, 6.07) is 6.68. The maximum absolute atomic E-state index is 9.62. The van der Waals surface area contributed by atoms with Crippen LogP contribution in [0.1, 0.15) is 31.4 Å². The standard InChI is InChI=1S/C14H20BrNO2/c1-10(17)13-4-3-12(9-14(13)15)16(2)11-5-7-18-8-6-11/h3-4,9-11,17H,5-8H2,1-2H3/t10-/m1/s1. The minimum Gasteiger partial charge on any atom is -0.389 e. The van der Waals surface area contributed by atoms with E-state index < -0.39 is 6.10 Å². The number of anilines is 1. The monoisotopic (exact) mass is 313 g/mol. The number of benzene rings is 1. The molecule has 1 saturated heterocycles. The molecule has 0 unspecified atom stereocenters. The molecule has 0 bridgehead atoms. The molecule has 1 heterocycles. The largest absolute Gasteiger partial charge is 0.389 e. The zero-order valence-electron chi connectivity index (χ0n) is 10.9. The summed E-state index contributed by atoms with van der Waals surface area (Å²) >= 11 is 3.53. The first-order valence-electron chi connectivity index (χ1n) is 6.37. The van der Waals surface area contributed by atoms with Gasteiger partial charge >= 0.3 is 0 Å². The third-order valence-electron chi connectivity index (χ3n) is 3.58. The molecule has 18 heavy (non-hydrogen) atoms. The Morgan fingerprint density at radius 1 is 1.39 bits per heavy atom. The Hall–Kier alpha value is -0.580. The van der Waals surface area contributed by atoms with Gasteiger partial charge in [-0.3, -0.25) is 0 Å². The van der Waals surface area contributed by atoms with Crippen LogP contribution in [0.4, 0.5) is 5.69 Å². The average Bonchev–Trinajstić information content (AvgIpc) is 2.38. The smallest absolute Gasteiger partial charge is 0.0772 e. The summed E-state index contributed by atoms with van der Waals surface area (Å²) in [6.45, 7) is 3.48. The molecular weight excluding hydrogens is 294 g/mol. The Balaban J connectivity index is 2.15. The van der Waals surface area contributed by atoms with Crippen LogP contribution in [0.3, 0.4) is 0 Å². The molecular formula is C14H20BrNO2. The van der Waals surface area contributed by atoms with Gasteiger partial charge in [-0.15, -0.1) is 0 Å². The molecule has 0 amide bonds. The fraction of sp³-hybridized carbons (Fsp3) is 0.571. The van der Waals surface area contributed by atoms with Crippen LogP contribution in [-0.4, -0.2) is 31.4 Å². The molecule has 1 aliphatic heterocycles. The summed E-state index contributed by atoms with van der Waals surface area (Å²) in [5, 5.41) is 9.62. The molecule has 0 spiro atoms. The number of aliphatic hydroxyl groups excluding tert-OH is 1. The highest BCUT2D eigenvalue weighted by molar-refractivity contribution is 9.10. The van der Waals surface area contributed by atoms with Gasteiger partial charge in [0.2, 0.25) is 0 Å². The van der Waals surface area contributed by atoms with E-state index in [4.69, 9.17) is 4.74 Å². The van der Waals surface area contributed by atoms with E-state index in [1.54, 1.807) is 6.92 Å². The molecule has 2 rings (SSSR count). The Morgan fingerprint density at radius 3 is 2.61 bits per heavy atom. The molecule has 1 N–H and O–H groups in total. The van der Waals surface area contributed by atoms with Gasteiger partial charge in [-0.1, -0.05) is 22.0 Å². The van der Waals surface area contributed by atoms with Gasteiger partial charge in [-0.05, 0) is 37.5 Å². The second-order valence-electron chi connectivity index (χ2n) is 4.84. The fourth-order valence-corrected chi connectivity index (χ4v) is 3.06. The lowest BCUT2D eigenvalue weighted by Gasteiger charge is -2.33. The molecule has 1 atom stereocenters. The van der Waals surface area contributed by atoms with Crippen molar-refractivity contribution in [2.24, 2.45) is 0 Å². The van der Waals surface area contributed by atoms with Gasteiger partial charge in [0.05, 0.1) is 6.10 Å². The quantitative estimate of drug-likeness (QED) is 0.930. The molecule has 1 aromatic rings. The summed E-state index contributed by atoms with van der Waals surface area (Å²) in [6.07, 6.45) is 1.71. The van der Waals surface area contributed by atoms with Crippen molar-refractivity contribution in [3.63, 3.8) is 0 Å². The van der Waals surface area contributed by atoms with Crippen LogP contribution in [0.15, 0.2) is 22.7 Å². The SMILES string of the molecule is C[C@@H](O)c1ccc(N(C)C2CCOCC2)cc1Br. The molecule has 0 saturated carbocycles. The lowest BCUT2D eigenvalue weighted by Crippen LogP contribution is -2.36. The van der Waals surface area contributed by atoms with Crippen LogP contribution < -0.4 is 4.90 Å². The van der Waals surface area contributed by atoms with Crippen molar-refractivity contribution in [2.75, 3.05) is 25.2 Å². The van der Waals surface area contributed by atoms with Crippen molar-refractivity contribution in [1.82, 2.24) is 0 Å². The van der Waals surface area contributed by atoms with Crippen LogP contribution in [0.25, 0.3) is 0 Å². The van der Waals surface area contributed by atoms with Gasteiger partial charge < -0.3 is 14.7 Å². The van der Waals surface area contributed by atoms with Crippen LogP contribution >= 0.6 is 15.9 Å². The second-order valence-corrected chi connectivity index (χ2v) is 5.69. The number of rotatable bonds is 3. The van der Waals surface area contributed by atoms with E-state index in [2.05, 4.69) is 40.0 Å². The number of hydrogen-bond acceptors (Lipinski definition) is 3. The molecule has 0 aromatic heterocycles. The molecule has 4 heteroatoms. The first-order valence-corrected chi connectivity index (χ1v) is 7.17. The minimum absolute atomic E-state index is 0.443. The lowest BCUT2D eigenvalue weighted by atomic mass is 10.1. The number of halogens is 1. The highest BCUT2D eigenvalue weighted by Crippen LogP contribution is 2.29.